The van der Waals surface area contributed by atoms with Gasteiger partial charge in [-0.25, -0.2) is 0 Å². The first-order chi connectivity index (χ1) is 6.31. The zero-order valence-corrected chi connectivity index (χ0v) is 13.2. The SMILES string of the molecule is C[Si](C)([CH2][Ge]([CH3])([CH3])[CH3])c1ccccc1. The third kappa shape index (κ3) is 3.62. The van der Waals surface area contributed by atoms with E-state index in [1.54, 1.807) is 5.19 Å². The van der Waals surface area contributed by atoms with Crippen molar-refractivity contribution < 1.29 is 0 Å². The van der Waals surface area contributed by atoms with Crippen LogP contribution in [-0.2, 0) is 0 Å². The molecule has 0 aliphatic carbocycles. The predicted molar refractivity (Wildman–Crippen MR) is 71.7 cm³/mol. The van der Waals surface area contributed by atoms with Crippen molar-refractivity contribution in [1.29, 1.82) is 0 Å². The molecule has 14 heavy (non-hydrogen) atoms. The van der Waals surface area contributed by atoms with E-state index in [1.165, 1.54) is 4.88 Å². The fourth-order valence-corrected chi connectivity index (χ4v) is 24.2. The Morgan fingerprint density at radius 2 is 1.50 bits per heavy atom. The molecule has 0 N–H and O–H groups in total. The number of hydrogen-bond donors (Lipinski definition) is 0. The van der Waals surface area contributed by atoms with E-state index in [0.29, 0.717) is 0 Å². The first kappa shape index (κ1) is 12.1. The number of benzene rings is 1. The van der Waals surface area contributed by atoms with Gasteiger partial charge in [0, 0.05) is 0 Å². The van der Waals surface area contributed by atoms with Crippen molar-refractivity contribution in [2.75, 3.05) is 0 Å². The van der Waals surface area contributed by atoms with Crippen LogP contribution in [0.15, 0.2) is 30.3 Å². The number of hydrogen-bond acceptors (Lipinski definition) is 0. The van der Waals surface area contributed by atoms with E-state index >= 15 is 0 Å². The quantitative estimate of drug-likeness (QED) is 0.735. The van der Waals surface area contributed by atoms with Gasteiger partial charge < -0.3 is 0 Å². The molecule has 78 valence electrons. The normalized spacial score (nSPS) is 12.9. The van der Waals surface area contributed by atoms with Gasteiger partial charge in [-0.05, 0) is 0 Å². The molecule has 0 amide bonds. The molecule has 0 heterocycles. The van der Waals surface area contributed by atoms with Gasteiger partial charge in [0.05, 0.1) is 0 Å². The predicted octanol–water partition coefficient (Wildman–Crippen LogP) is 3.48. The first-order valence-corrected chi connectivity index (χ1v) is 16.4. The fourth-order valence-electron chi connectivity index (χ4n) is 2.32. The molecular weight excluding hydrogens is 245 g/mol. The van der Waals surface area contributed by atoms with E-state index in [1.807, 2.05) is 0 Å². The van der Waals surface area contributed by atoms with Crippen molar-refractivity contribution in [3.8, 4) is 0 Å². The van der Waals surface area contributed by atoms with Gasteiger partial charge in [0.1, 0.15) is 0 Å². The van der Waals surface area contributed by atoms with Crippen LogP contribution in [0.1, 0.15) is 0 Å². The molecule has 0 saturated heterocycles. The van der Waals surface area contributed by atoms with Gasteiger partial charge in [0.25, 0.3) is 0 Å². The molecule has 0 bridgehead atoms. The van der Waals surface area contributed by atoms with Crippen LogP contribution in [0.4, 0.5) is 0 Å². The summed E-state index contributed by atoms with van der Waals surface area (Å²) in [7, 11) is -1.13. The minimum absolute atomic E-state index is 1.13. The summed E-state index contributed by atoms with van der Waals surface area (Å²) in [4.78, 5) is 1.54. The standard InChI is InChI=1S/C12H22GeSi/c1-13(2,3)11-14(4,5)12-9-7-6-8-10-12/h6-10H,11H2,1-5H3. The van der Waals surface area contributed by atoms with E-state index < -0.39 is 21.3 Å². The summed E-state index contributed by atoms with van der Waals surface area (Å²) in [5.74, 6) is 7.58. The van der Waals surface area contributed by atoms with Gasteiger partial charge in [-0.1, -0.05) is 0 Å². The van der Waals surface area contributed by atoms with Crippen molar-refractivity contribution >= 4 is 26.5 Å². The maximum atomic E-state index is 2.53. The zero-order valence-electron chi connectivity index (χ0n) is 10.1. The first-order valence-electron chi connectivity index (χ1n) is 5.37. The Morgan fingerprint density at radius 3 is 1.93 bits per heavy atom. The van der Waals surface area contributed by atoms with Gasteiger partial charge in [-0.15, -0.1) is 0 Å². The molecule has 0 nitrogen and oxygen atoms in total. The molecule has 1 aromatic carbocycles. The summed E-state index contributed by atoms with van der Waals surface area (Å²) >= 11 is -1.39. The van der Waals surface area contributed by atoms with Crippen molar-refractivity contribution in [2.24, 2.45) is 0 Å². The topological polar surface area (TPSA) is 0 Å². The van der Waals surface area contributed by atoms with E-state index in [0.717, 1.165) is 0 Å². The van der Waals surface area contributed by atoms with Crippen LogP contribution in [0.25, 0.3) is 0 Å². The maximum absolute atomic E-state index is 2.53. The summed E-state index contributed by atoms with van der Waals surface area (Å²) in [5, 5.41) is 1.63. The van der Waals surface area contributed by atoms with Gasteiger partial charge in [0.2, 0.25) is 0 Å². The average molecular weight is 267 g/mol. The molecule has 0 fully saturated rings. The van der Waals surface area contributed by atoms with Crippen molar-refractivity contribution in [3.05, 3.63) is 30.3 Å². The Hall–Kier alpha value is -0.0203. The third-order valence-corrected chi connectivity index (χ3v) is 18.6. The van der Waals surface area contributed by atoms with Crippen LogP contribution < -0.4 is 5.19 Å². The van der Waals surface area contributed by atoms with Gasteiger partial charge >= 0.3 is 92.1 Å². The van der Waals surface area contributed by atoms with Crippen LogP contribution in [0.2, 0.25) is 35.2 Å². The van der Waals surface area contributed by atoms with Gasteiger partial charge in [-0.3, -0.25) is 0 Å². The van der Waals surface area contributed by atoms with Crippen LogP contribution >= 0.6 is 0 Å². The Bertz CT molecular complexity index is 285. The van der Waals surface area contributed by atoms with Crippen molar-refractivity contribution in [3.63, 3.8) is 0 Å². The molecule has 0 aromatic heterocycles. The summed E-state index contributed by atoms with van der Waals surface area (Å²) in [6.07, 6.45) is 0. The van der Waals surface area contributed by atoms with E-state index in [-0.39, 0.29) is 0 Å². The molecule has 1 aromatic rings. The van der Waals surface area contributed by atoms with Crippen LogP contribution in [0.5, 0.6) is 0 Å². The zero-order chi connectivity index (χ0) is 10.8. The van der Waals surface area contributed by atoms with E-state index in [9.17, 15) is 0 Å². The second kappa shape index (κ2) is 4.23. The Labute approximate surface area is 92.1 Å². The summed E-state index contributed by atoms with van der Waals surface area (Å²) < 4.78 is 0. The molecule has 0 aliphatic heterocycles. The van der Waals surface area contributed by atoms with E-state index in [4.69, 9.17) is 0 Å². The van der Waals surface area contributed by atoms with Gasteiger partial charge in [0.15, 0.2) is 0 Å². The van der Waals surface area contributed by atoms with Crippen molar-refractivity contribution in [1.82, 2.24) is 0 Å². The Kier molecular flexibility index (Phi) is 3.64. The van der Waals surface area contributed by atoms with Gasteiger partial charge in [-0.2, -0.15) is 0 Å². The van der Waals surface area contributed by atoms with Crippen LogP contribution in [-0.4, -0.2) is 21.3 Å². The summed E-state index contributed by atoms with van der Waals surface area (Å²) in [5.41, 5.74) is 0. The van der Waals surface area contributed by atoms with E-state index in [2.05, 4.69) is 60.7 Å². The fraction of sp³-hybridized carbons (Fsp3) is 0.500. The molecule has 2 heteroatoms. The molecule has 0 spiro atoms. The van der Waals surface area contributed by atoms with Crippen LogP contribution in [0.3, 0.4) is 0 Å². The second-order valence-electron chi connectivity index (χ2n) is 5.99. The molecule has 0 radical (unpaired) electrons. The van der Waals surface area contributed by atoms with Crippen molar-refractivity contribution in [2.45, 2.75) is 35.2 Å². The molecule has 0 atom stereocenters. The molecule has 1 rings (SSSR count). The number of rotatable bonds is 3. The molecule has 0 unspecified atom stereocenters. The summed E-state index contributed by atoms with van der Waals surface area (Å²) in [6.45, 7) is 5.03. The molecular formula is C12H22GeSi. The second-order valence-corrected chi connectivity index (χ2v) is 23.7. The van der Waals surface area contributed by atoms with Crippen LogP contribution in [0, 0.1) is 0 Å². The Morgan fingerprint density at radius 1 is 1.00 bits per heavy atom. The third-order valence-electron chi connectivity index (χ3n) is 2.53. The Balaban J connectivity index is 2.86. The average Bonchev–Trinajstić information content (AvgIpc) is 2.01. The molecule has 0 saturated carbocycles. The summed E-state index contributed by atoms with van der Waals surface area (Å²) in [6, 6.07) is 11.1. The molecule has 0 aliphatic rings. The minimum atomic E-state index is -1.39. The monoisotopic (exact) mass is 268 g/mol.